The molecule has 0 saturated carbocycles. The summed E-state index contributed by atoms with van der Waals surface area (Å²) >= 11 is 0. The van der Waals surface area contributed by atoms with Crippen LogP contribution in [0.1, 0.15) is 36.3 Å². The lowest BCUT2D eigenvalue weighted by Crippen LogP contribution is -2.23. The van der Waals surface area contributed by atoms with Crippen LogP contribution in [0.5, 0.6) is 0 Å². The zero-order valence-corrected chi connectivity index (χ0v) is 10.3. The van der Waals surface area contributed by atoms with Crippen LogP contribution in [0, 0.1) is 5.41 Å². The summed E-state index contributed by atoms with van der Waals surface area (Å²) in [7, 11) is 0. The van der Waals surface area contributed by atoms with Gasteiger partial charge >= 0.3 is 5.97 Å². The predicted octanol–water partition coefficient (Wildman–Crippen LogP) is 2.01. The first kappa shape index (κ1) is 12.0. The van der Waals surface area contributed by atoms with E-state index >= 15 is 0 Å². The Hall–Kier alpha value is -1.42. The molecule has 1 saturated heterocycles. The number of likely N-dealkylation sites (tertiary alicyclic amines) is 1. The van der Waals surface area contributed by atoms with Crippen molar-refractivity contribution < 1.29 is 9.90 Å². The van der Waals surface area contributed by atoms with E-state index in [4.69, 9.17) is 5.11 Å². The van der Waals surface area contributed by atoms with Gasteiger partial charge in [0.1, 0.15) is 0 Å². The fourth-order valence-electron chi connectivity index (χ4n) is 2.23. The highest BCUT2D eigenvalue weighted by atomic mass is 16.4. The van der Waals surface area contributed by atoms with Gasteiger partial charge < -0.3 is 5.11 Å². The molecule has 2 heterocycles. The van der Waals surface area contributed by atoms with E-state index in [0.29, 0.717) is 5.41 Å². The van der Waals surface area contributed by atoms with Gasteiger partial charge in [0.2, 0.25) is 0 Å². The number of carbonyl (C=O) groups is 1. The third-order valence-electron chi connectivity index (χ3n) is 3.21. The molecule has 4 nitrogen and oxygen atoms in total. The Morgan fingerprint density at radius 1 is 1.53 bits per heavy atom. The van der Waals surface area contributed by atoms with E-state index < -0.39 is 5.97 Å². The Morgan fingerprint density at radius 3 is 2.76 bits per heavy atom. The number of nitrogens with zero attached hydrogens (tertiary/aromatic N) is 2. The highest BCUT2D eigenvalue weighted by Gasteiger charge is 2.28. The second-order valence-corrected chi connectivity index (χ2v) is 5.47. The molecule has 0 atom stereocenters. The van der Waals surface area contributed by atoms with Gasteiger partial charge in [0.25, 0.3) is 0 Å². The second kappa shape index (κ2) is 4.45. The van der Waals surface area contributed by atoms with Gasteiger partial charge in [0.05, 0.1) is 11.3 Å². The normalized spacial score (nSPS) is 19.4. The largest absolute Gasteiger partial charge is 0.478 e. The van der Waals surface area contributed by atoms with Gasteiger partial charge in [-0.05, 0) is 30.5 Å². The molecule has 1 aliphatic rings. The molecule has 0 unspecified atom stereocenters. The third-order valence-corrected chi connectivity index (χ3v) is 3.21. The van der Waals surface area contributed by atoms with Crippen LogP contribution in [0.2, 0.25) is 0 Å². The number of pyridine rings is 1. The standard InChI is InChI=1S/C13H18N2O2/c1-13(2)5-6-15(9-13)8-11-4-3-10(7-14-11)12(16)17/h3-4,7H,5-6,8-9H2,1-2H3,(H,16,17). The van der Waals surface area contributed by atoms with Crippen LogP contribution in [0.15, 0.2) is 18.3 Å². The first-order chi connectivity index (χ1) is 7.96. The Kier molecular flexibility index (Phi) is 3.15. The number of aromatic carboxylic acids is 1. The number of carboxylic acids is 1. The van der Waals surface area contributed by atoms with E-state index in [1.807, 2.05) is 0 Å². The first-order valence-electron chi connectivity index (χ1n) is 5.87. The summed E-state index contributed by atoms with van der Waals surface area (Å²) in [4.78, 5) is 17.2. The smallest absolute Gasteiger partial charge is 0.337 e. The minimum atomic E-state index is -0.925. The van der Waals surface area contributed by atoms with Crippen molar-refractivity contribution in [3.8, 4) is 0 Å². The van der Waals surface area contributed by atoms with Crippen LogP contribution in [0.4, 0.5) is 0 Å². The molecule has 0 bridgehead atoms. The van der Waals surface area contributed by atoms with Crippen LogP contribution in [0.25, 0.3) is 0 Å². The number of carboxylic acid groups (broad SMARTS) is 1. The molecule has 2 rings (SSSR count). The van der Waals surface area contributed by atoms with Crippen molar-refractivity contribution in [3.63, 3.8) is 0 Å². The van der Waals surface area contributed by atoms with Gasteiger partial charge in [-0.25, -0.2) is 4.79 Å². The topological polar surface area (TPSA) is 53.4 Å². The number of aromatic nitrogens is 1. The van der Waals surface area contributed by atoms with Crippen molar-refractivity contribution in [2.45, 2.75) is 26.8 Å². The lowest BCUT2D eigenvalue weighted by molar-refractivity contribution is 0.0696. The molecule has 1 fully saturated rings. The van der Waals surface area contributed by atoms with E-state index in [2.05, 4.69) is 23.7 Å². The number of hydrogen-bond acceptors (Lipinski definition) is 3. The molecule has 0 spiro atoms. The number of rotatable bonds is 3. The number of hydrogen-bond donors (Lipinski definition) is 1. The molecule has 0 aliphatic carbocycles. The molecule has 17 heavy (non-hydrogen) atoms. The summed E-state index contributed by atoms with van der Waals surface area (Å²) in [5, 5.41) is 8.78. The van der Waals surface area contributed by atoms with Gasteiger partial charge in [0, 0.05) is 19.3 Å². The van der Waals surface area contributed by atoms with Crippen LogP contribution in [-0.2, 0) is 6.54 Å². The maximum atomic E-state index is 10.7. The van der Waals surface area contributed by atoms with E-state index in [0.717, 1.165) is 25.3 Å². The lowest BCUT2D eigenvalue weighted by atomic mass is 9.93. The Bertz CT molecular complexity index is 412. The van der Waals surface area contributed by atoms with Crippen LogP contribution < -0.4 is 0 Å². The van der Waals surface area contributed by atoms with Crippen LogP contribution in [-0.4, -0.2) is 34.0 Å². The first-order valence-corrected chi connectivity index (χ1v) is 5.87. The van der Waals surface area contributed by atoms with E-state index in [9.17, 15) is 4.79 Å². The zero-order valence-electron chi connectivity index (χ0n) is 10.3. The second-order valence-electron chi connectivity index (χ2n) is 5.47. The van der Waals surface area contributed by atoms with Gasteiger partial charge in [-0.1, -0.05) is 13.8 Å². The molecule has 0 amide bonds. The highest BCUT2D eigenvalue weighted by Crippen LogP contribution is 2.29. The highest BCUT2D eigenvalue weighted by molar-refractivity contribution is 5.87. The predicted molar refractivity (Wildman–Crippen MR) is 64.9 cm³/mol. The summed E-state index contributed by atoms with van der Waals surface area (Å²) in [5.41, 5.74) is 1.57. The van der Waals surface area contributed by atoms with Crippen LogP contribution >= 0.6 is 0 Å². The van der Waals surface area contributed by atoms with Crippen molar-refractivity contribution in [2.75, 3.05) is 13.1 Å². The maximum Gasteiger partial charge on any atom is 0.337 e. The fourth-order valence-corrected chi connectivity index (χ4v) is 2.23. The quantitative estimate of drug-likeness (QED) is 0.869. The molecule has 1 aromatic heterocycles. The van der Waals surface area contributed by atoms with E-state index in [-0.39, 0.29) is 5.56 Å². The Balaban J connectivity index is 1.98. The van der Waals surface area contributed by atoms with Crippen LogP contribution in [0.3, 0.4) is 0 Å². The summed E-state index contributed by atoms with van der Waals surface area (Å²) < 4.78 is 0. The summed E-state index contributed by atoms with van der Waals surface area (Å²) in [6, 6.07) is 3.42. The third kappa shape index (κ3) is 3.03. The van der Waals surface area contributed by atoms with Gasteiger partial charge in [-0.3, -0.25) is 9.88 Å². The fraction of sp³-hybridized carbons (Fsp3) is 0.538. The van der Waals surface area contributed by atoms with Crippen molar-refractivity contribution in [1.82, 2.24) is 9.88 Å². The lowest BCUT2D eigenvalue weighted by Gasteiger charge is -2.19. The van der Waals surface area contributed by atoms with Crippen molar-refractivity contribution >= 4 is 5.97 Å². The van der Waals surface area contributed by atoms with E-state index in [1.54, 1.807) is 12.1 Å². The molecule has 0 aromatic carbocycles. The molecule has 1 aliphatic heterocycles. The zero-order chi connectivity index (χ0) is 12.5. The average molecular weight is 234 g/mol. The van der Waals surface area contributed by atoms with Gasteiger partial charge in [-0.15, -0.1) is 0 Å². The van der Waals surface area contributed by atoms with Crippen molar-refractivity contribution in [3.05, 3.63) is 29.6 Å². The summed E-state index contributed by atoms with van der Waals surface area (Å²) in [5.74, 6) is -0.925. The molecule has 0 radical (unpaired) electrons. The van der Waals surface area contributed by atoms with E-state index in [1.165, 1.54) is 12.6 Å². The Labute approximate surface area is 101 Å². The SMILES string of the molecule is CC1(C)CCN(Cc2ccc(C(=O)O)cn2)C1. The summed E-state index contributed by atoms with van der Waals surface area (Å²) in [6.45, 7) is 7.52. The minimum absolute atomic E-state index is 0.246. The molecule has 4 heteroatoms. The molecule has 92 valence electrons. The monoisotopic (exact) mass is 234 g/mol. The van der Waals surface area contributed by atoms with Crippen molar-refractivity contribution in [2.24, 2.45) is 5.41 Å². The molecular formula is C13H18N2O2. The van der Waals surface area contributed by atoms with Gasteiger partial charge in [0.15, 0.2) is 0 Å². The average Bonchev–Trinajstić information content (AvgIpc) is 2.59. The summed E-state index contributed by atoms with van der Waals surface area (Å²) in [6.07, 6.45) is 2.64. The molecular weight excluding hydrogens is 216 g/mol. The van der Waals surface area contributed by atoms with Gasteiger partial charge in [-0.2, -0.15) is 0 Å². The molecule has 1 aromatic rings. The Morgan fingerprint density at radius 2 is 2.29 bits per heavy atom. The minimum Gasteiger partial charge on any atom is -0.478 e. The maximum absolute atomic E-state index is 10.7. The van der Waals surface area contributed by atoms with Crippen molar-refractivity contribution in [1.29, 1.82) is 0 Å². The molecule has 1 N–H and O–H groups in total.